The number of aromatic nitrogens is 1. The molecule has 0 atom stereocenters. The van der Waals surface area contributed by atoms with Crippen LogP contribution < -0.4 is 4.74 Å². The average Bonchev–Trinajstić information content (AvgIpc) is 3.24. The van der Waals surface area contributed by atoms with Crippen LogP contribution in [-0.4, -0.2) is 59.7 Å². The predicted molar refractivity (Wildman–Crippen MR) is 138 cm³/mol. The van der Waals surface area contributed by atoms with E-state index in [0.717, 1.165) is 75.8 Å². The first-order chi connectivity index (χ1) is 17.6. The Hall–Kier alpha value is -2.90. The van der Waals surface area contributed by atoms with Crippen LogP contribution in [0.5, 0.6) is 5.75 Å². The second kappa shape index (κ2) is 10.2. The van der Waals surface area contributed by atoms with E-state index in [9.17, 15) is 9.18 Å². The maximum absolute atomic E-state index is 14.5. The monoisotopic (exact) mass is 493 g/mol. The number of carbonyl (C=O) groups is 1. The summed E-state index contributed by atoms with van der Waals surface area (Å²) in [4.78, 5) is 21.1. The summed E-state index contributed by atoms with van der Waals surface area (Å²) in [6.45, 7) is 3.81. The van der Waals surface area contributed by atoms with E-state index in [4.69, 9.17) is 9.84 Å². The Kier molecular flexibility index (Phi) is 7.04. The summed E-state index contributed by atoms with van der Waals surface area (Å²) in [5.74, 6) is 1.28. The van der Waals surface area contributed by atoms with Crippen LogP contribution >= 0.6 is 0 Å². The van der Waals surface area contributed by atoms with Crippen LogP contribution in [-0.2, 0) is 23.3 Å². The highest BCUT2D eigenvalue weighted by atomic mass is 19.1. The Bertz CT molecular complexity index is 1230. The van der Waals surface area contributed by atoms with Crippen molar-refractivity contribution >= 4 is 16.8 Å². The lowest BCUT2D eigenvalue weighted by Crippen LogP contribution is -2.53. The normalized spacial score (nSPS) is 19.4. The van der Waals surface area contributed by atoms with Crippen molar-refractivity contribution in [2.45, 2.75) is 50.6 Å². The molecule has 6 rings (SSSR count). The Balaban J connectivity index is 0.00000130. The lowest BCUT2D eigenvalue weighted by atomic mass is 9.69. The number of aromatic amines is 1. The number of methoxy groups -OCH3 is 1. The number of ether oxygens (including phenoxy) is 1. The number of H-pyrrole nitrogens is 1. The minimum Gasteiger partial charge on any atom is -0.497 e. The minimum absolute atomic E-state index is 0.0535. The van der Waals surface area contributed by atoms with Crippen LogP contribution in [0.4, 0.5) is 4.39 Å². The number of piperidine rings is 1. The van der Waals surface area contributed by atoms with Crippen molar-refractivity contribution in [3.05, 3.63) is 65.1 Å². The fourth-order valence-corrected chi connectivity index (χ4v) is 6.33. The molecule has 2 aromatic carbocycles. The van der Waals surface area contributed by atoms with Crippen LogP contribution in [0.2, 0.25) is 0 Å². The van der Waals surface area contributed by atoms with E-state index >= 15 is 0 Å². The van der Waals surface area contributed by atoms with Gasteiger partial charge in [-0.3, -0.25) is 9.69 Å². The molecule has 1 amide bonds. The summed E-state index contributed by atoms with van der Waals surface area (Å²) in [5, 5.41) is 8.25. The molecule has 3 aliphatic rings. The maximum Gasteiger partial charge on any atom is 0.225 e. The number of halogens is 1. The predicted octanol–water partition coefficient (Wildman–Crippen LogP) is 4.60. The van der Waals surface area contributed by atoms with Gasteiger partial charge in [-0.25, -0.2) is 4.39 Å². The number of hydrogen-bond acceptors (Lipinski definition) is 4. The molecule has 3 aromatic rings. The summed E-state index contributed by atoms with van der Waals surface area (Å²) in [7, 11) is 2.69. The summed E-state index contributed by atoms with van der Waals surface area (Å²) < 4.78 is 20.0. The largest absolute Gasteiger partial charge is 0.497 e. The molecule has 0 bridgehead atoms. The Morgan fingerprint density at radius 3 is 2.58 bits per heavy atom. The first-order valence-electron chi connectivity index (χ1n) is 12.9. The third-order valence-electron chi connectivity index (χ3n) is 8.36. The van der Waals surface area contributed by atoms with E-state index in [1.54, 1.807) is 19.2 Å². The number of rotatable bonds is 4. The van der Waals surface area contributed by atoms with E-state index in [0.29, 0.717) is 12.5 Å². The zero-order chi connectivity index (χ0) is 25.3. The van der Waals surface area contributed by atoms with E-state index < -0.39 is 0 Å². The van der Waals surface area contributed by atoms with Crippen molar-refractivity contribution in [1.29, 1.82) is 0 Å². The summed E-state index contributed by atoms with van der Waals surface area (Å²) >= 11 is 0. The summed E-state index contributed by atoms with van der Waals surface area (Å²) in [5.41, 5.74) is 4.37. The summed E-state index contributed by atoms with van der Waals surface area (Å²) in [6.07, 6.45) is 5.15. The second-order valence-electron chi connectivity index (χ2n) is 10.4. The molecule has 2 aliphatic heterocycles. The number of nitrogens with one attached hydrogen (secondary N) is 1. The molecule has 1 saturated heterocycles. The van der Waals surface area contributed by atoms with Gasteiger partial charge in [0.1, 0.15) is 11.6 Å². The fraction of sp³-hybridized carbons (Fsp3) is 0.483. The van der Waals surface area contributed by atoms with Gasteiger partial charge in [-0.05, 0) is 49.4 Å². The van der Waals surface area contributed by atoms with Gasteiger partial charge < -0.3 is 19.7 Å². The molecule has 36 heavy (non-hydrogen) atoms. The molecule has 7 heteroatoms. The van der Waals surface area contributed by atoms with Crippen LogP contribution in [0.25, 0.3) is 10.9 Å². The fourth-order valence-electron chi connectivity index (χ4n) is 6.33. The molecular formula is C29H36FN3O3. The highest BCUT2D eigenvalue weighted by molar-refractivity contribution is 5.87. The number of hydrogen-bond donors (Lipinski definition) is 2. The van der Waals surface area contributed by atoms with Gasteiger partial charge in [-0.1, -0.05) is 24.6 Å². The second-order valence-corrected chi connectivity index (χ2v) is 10.4. The number of aliphatic hydroxyl groups is 1. The Morgan fingerprint density at radius 2 is 1.92 bits per heavy atom. The number of amides is 1. The maximum atomic E-state index is 14.5. The zero-order valence-electron chi connectivity index (χ0n) is 21.2. The molecule has 0 radical (unpaired) electrons. The van der Waals surface area contributed by atoms with E-state index in [1.807, 2.05) is 18.2 Å². The average molecular weight is 494 g/mol. The van der Waals surface area contributed by atoms with Gasteiger partial charge >= 0.3 is 0 Å². The molecule has 192 valence electrons. The quantitative estimate of drug-likeness (QED) is 0.558. The van der Waals surface area contributed by atoms with Crippen LogP contribution in [0.3, 0.4) is 0 Å². The lowest BCUT2D eigenvalue weighted by molar-refractivity contribution is -0.140. The minimum atomic E-state index is -0.148. The molecule has 1 spiro atoms. The van der Waals surface area contributed by atoms with Gasteiger partial charge in [-0.2, -0.15) is 0 Å². The SMILES string of the molecule is CO.COc1ccc2c3c([nH]c2c1)CN(Cc1ccccc1F)CC31CCN(C(=O)C2CCC2)CC1. The molecule has 3 heterocycles. The van der Waals surface area contributed by atoms with E-state index in [-0.39, 0.29) is 17.2 Å². The van der Waals surface area contributed by atoms with Gasteiger partial charge in [0.25, 0.3) is 0 Å². The number of fused-ring (bicyclic) bond motifs is 4. The van der Waals surface area contributed by atoms with Crippen molar-refractivity contribution in [3.8, 4) is 5.75 Å². The molecular weight excluding hydrogens is 457 g/mol. The zero-order valence-corrected chi connectivity index (χ0v) is 21.2. The Morgan fingerprint density at radius 1 is 1.17 bits per heavy atom. The molecule has 1 aliphatic carbocycles. The van der Waals surface area contributed by atoms with E-state index in [2.05, 4.69) is 26.9 Å². The van der Waals surface area contributed by atoms with Crippen LogP contribution in [0, 0.1) is 11.7 Å². The molecule has 6 nitrogen and oxygen atoms in total. The third kappa shape index (κ3) is 4.39. The topological polar surface area (TPSA) is 68.8 Å². The first kappa shape index (κ1) is 24.8. The van der Waals surface area contributed by atoms with Crippen LogP contribution in [0.15, 0.2) is 42.5 Å². The molecule has 0 unspecified atom stereocenters. The van der Waals surface area contributed by atoms with E-state index in [1.165, 1.54) is 23.1 Å². The van der Waals surface area contributed by atoms with Crippen molar-refractivity contribution in [2.75, 3.05) is 33.9 Å². The third-order valence-corrected chi connectivity index (χ3v) is 8.36. The van der Waals surface area contributed by atoms with Crippen molar-refractivity contribution in [2.24, 2.45) is 5.92 Å². The van der Waals surface area contributed by atoms with Gasteiger partial charge in [0.2, 0.25) is 5.91 Å². The van der Waals surface area contributed by atoms with Crippen molar-refractivity contribution in [3.63, 3.8) is 0 Å². The smallest absolute Gasteiger partial charge is 0.225 e. The van der Waals surface area contributed by atoms with Gasteiger partial charge in [0, 0.05) is 79.4 Å². The van der Waals surface area contributed by atoms with Gasteiger partial charge in [0.05, 0.1) is 7.11 Å². The Labute approximate surface area is 212 Å². The highest BCUT2D eigenvalue weighted by Gasteiger charge is 2.45. The van der Waals surface area contributed by atoms with Gasteiger partial charge in [-0.15, -0.1) is 0 Å². The molecule has 1 saturated carbocycles. The van der Waals surface area contributed by atoms with Gasteiger partial charge in [0.15, 0.2) is 0 Å². The highest BCUT2D eigenvalue weighted by Crippen LogP contribution is 2.46. The van der Waals surface area contributed by atoms with Crippen molar-refractivity contribution in [1.82, 2.24) is 14.8 Å². The van der Waals surface area contributed by atoms with Crippen LogP contribution in [0.1, 0.15) is 48.9 Å². The molecule has 2 N–H and O–H groups in total. The number of nitrogens with zero attached hydrogens (tertiary/aromatic N) is 2. The number of carbonyl (C=O) groups excluding carboxylic acids is 1. The first-order valence-corrected chi connectivity index (χ1v) is 12.9. The molecule has 2 fully saturated rings. The number of aliphatic hydroxyl groups excluding tert-OH is 1. The lowest BCUT2D eigenvalue weighted by Gasteiger charge is -2.48. The summed E-state index contributed by atoms with van der Waals surface area (Å²) in [6, 6.07) is 13.3. The van der Waals surface area contributed by atoms with Crippen molar-refractivity contribution < 1.29 is 19.0 Å². The number of likely N-dealkylation sites (tertiary alicyclic amines) is 1. The standard InChI is InChI=1S/C28H32FN3O2.CH4O/c1-34-21-9-10-22-24(15-21)30-25-17-31(16-20-5-2-3-8-23(20)29)18-28(26(22)25)11-13-32(14-12-28)27(33)19-6-4-7-19;1-2/h2-3,5,8-10,15,19,30H,4,6-7,11-14,16-18H2,1H3;2H,1H3. The molecule has 1 aromatic heterocycles. The number of benzene rings is 2.